The van der Waals surface area contributed by atoms with Crippen LogP contribution in [0.1, 0.15) is 44.2 Å². The summed E-state index contributed by atoms with van der Waals surface area (Å²) in [6.45, 7) is 5.02. The van der Waals surface area contributed by atoms with E-state index >= 15 is 0 Å². The van der Waals surface area contributed by atoms with E-state index in [-0.39, 0.29) is 11.8 Å². The van der Waals surface area contributed by atoms with E-state index in [0.717, 1.165) is 29.7 Å². The second-order valence-electron chi connectivity index (χ2n) is 7.56. The van der Waals surface area contributed by atoms with Crippen LogP contribution in [0, 0.1) is 0 Å². The van der Waals surface area contributed by atoms with Crippen molar-refractivity contribution in [3.63, 3.8) is 0 Å². The largest absolute Gasteiger partial charge is 0.497 e. The summed E-state index contributed by atoms with van der Waals surface area (Å²) in [5, 5.41) is 3.63. The number of halogens is 1. The molecule has 2 amide bonds. The molecule has 0 aliphatic carbocycles. The molecule has 2 aromatic carbocycles. The Bertz CT molecular complexity index is 843. The number of nitrogens with zero attached hydrogens (tertiary/aromatic N) is 1. The quantitative estimate of drug-likeness (QED) is 0.398. The molecule has 1 N–H and O–H groups in total. The second-order valence-corrected chi connectivity index (χ2v) is 8.98. The van der Waals surface area contributed by atoms with E-state index in [1.54, 1.807) is 35.9 Å². The first-order valence-corrected chi connectivity index (χ1v) is 12.5. The van der Waals surface area contributed by atoms with Crippen LogP contribution in [0.3, 0.4) is 0 Å². The summed E-state index contributed by atoms with van der Waals surface area (Å²) in [5.74, 6) is 1.69. The van der Waals surface area contributed by atoms with Crippen LogP contribution in [-0.2, 0) is 21.9 Å². The van der Waals surface area contributed by atoms with Crippen molar-refractivity contribution >= 4 is 35.2 Å². The molecule has 0 aliphatic rings. The van der Waals surface area contributed by atoms with Crippen molar-refractivity contribution in [2.45, 2.75) is 51.4 Å². The highest BCUT2D eigenvalue weighted by atomic mass is 35.5. The lowest BCUT2D eigenvalue weighted by Gasteiger charge is -2.30. The number of carbonyl (C=O) groups is 2. The van der Waals surface area contributed by atoms with Crippen molar-refractivity contribution in [2.75, 3.05) is 19.4 Å². The third-order valence-electron chi connectivity index (χ3n) is 5.13. The van der Waals surface area contributed by atoms with E-state index in [1.807, 2.05) is 43.3 Å². The first-order valence-electron chi connectivity index (χ1n) is 11.0. The van der Waals surface area contributed by atoms with Gasteiger partial charge in [0.2, 0.25) is 11.8 Å². The molecular weight excluding hydrogens is 444 g/mol. The fourth-order valence-electron chi connectivity index (χ4n) is 3.27. The summed E-state index contributed by atoms with van der Waals surface area (Å²) < 4.78 is 5.19. The zero-order valence-electron chi connectivity index (χ0n) is 19.1. The molecule has 2 aromatic rings. The van der Waals surface area contributed by atoms with Gasteiger partial charge in [-0.3, -0.25) is 9.59 Å². The highest BCUT2D eigenvalue weighted by molar-refractivity contribution is 7.99. The molecule has 0 radical (unpaired) electrons. The fourth-order valence-corrected chi connectivity index (χ4v) is 4.27. The average molecular weight is 477 g/mol. The molecule has 0 aliphatic heterocycles. The lowest BCUT2D eigenvalue weighted by molar-refractivity contribution is -0.139. The van der Waals surface area contributed by atoms with Crippen LogP contribution in [-0.4, -0.2) is 42.2 Å². The number of benzene rings is 2. The Morgan fingerprint density at radius 3 is 2.31 bits per heavy atom. The molecule has 1 atom stereocenters. The van der Waals surface area contributed by atoms with Gasteiger partial charge in [0.1, 0.15) is 11.8 Å². The van der Waals surface area contributed by atoms with Crippen LogP contribution in [0.5, 0.6) is 5.75 Å². The molecule has 2 rings (SSSR count). The number of hydrogen-bond acceptors (Lipinski definition) is 4. The van der Waals surface area contributed by atoms with Gasteiger partial charge in [-0.25, -0.2) is 0 Å². The van der Waals surface area contributed by atoms with Crippen molar-refractivity contribution < 1.29 is 14.3 Å². The normalized spacial score (nSPS) is 11.6. The van der Waals surface area contributed by atoms with Crippen molar-refractivity contribution in [2.24, 2.45) is 0 Å². The highest BCUT2D eigenvalue weighted by Gasteiger charge is 2.28. The van der Waals surface area contributed by atoms with Gasteiger partial charge in [0.15, 0.2) is 0 Å². The Balaban J connectivity index is 2.07. The van der Waals surface area contributed by atoms with Gasteiger partial charge in [0, 0.05) is 23.9 Å². The summed E-state index contributed by atoms with van der Waals surface area (Å²) in [5.41, 5.74) is 2.07. The first-order chi connectivity index (χ1) is 15.5. The van der Waals surface area contributed by atoms with E-state index in [2.05, 4.69) is 12.2 Å². The first kappa shape index (κ1) is 26.1. The zero-order chi connectivity index (χ0) is 23.3. The van der Waals surface area contributed by atoms with Crippen LogP contribution in [0.2, 0.25) is 5.02 Å². The van der Waals surface area contributed by atoms with Crippen molar-refractivity contribution in [3.05, 3.63) is 64.7 Å². The van der Waals surface area contributed by atoms with E-state index in [1.165, 1.54) is 0 Å². The minimum Gasteiger partial charge on any atom is -0.497 e. The lowest BCUT2D eigenvalue weighted by Crippen LogP contribution is -2.49. The molecule has 0 bridgehead atoms. The molecule has 0 heterocycles. The maximum atomic E-state index is 13.2. The zero-order valence-corrected chi connectivity index (χ0v) is 20.7. The maximum Gasteiger partial charge on any atom is 0.242 e. The molecule has 5 nitrogen and oxygen atoms in total. The predicted octanol–water partition coefficient (Wildman–Crippen LogP) is 5.31. The van der Waals surface area contributed by atoms with Gasteiger partial charge in [-0.2, -0.15) is 0 Å². The highest BCUT2D eigenvalue weighted by Crippen LogP contribution is 2.20. The number of thioether (sulfide) groups is 1. The van der Waals surface area contributed by atoms with E-state index in [9.17, 15) is 9.59 Å². The molecule has 0 fully saturated rings. The summed E-state index contributed by atoms with van der Waals surface area (Å²) in [4.78, 5) is 27.8. The maximum absolute atomic E-state index is 13.2. The van der Waals surface area contributed by atoms with Crippen LogP contribution in [0.25, 0.3) is 0 Å². The summed E-state index contributed by atoms with van der Waals surface area (Å²) in [6.07, 6.45) is 2.48. The molecule has 174 valence electrons. The Morgan fingerprint density at radius 2 is 1.72 bits per heavy atom. The third-order valence-corrected chi connectivity index (χ3v) is 6.38. The monoisotopic (exact) mass is 476 g/mol. The van der Waals surface area contributed by atoms with Crippen LogP contribution in [0.4, 0.5) is 0 Å². The van der Waals surface area contributed by atoms with Gasteiger partial charge in [0.25, 0.3) is 0 Å². The average Bonchev–Trinajstić information content (AvgIpc) is 2.80. The van der Waals surface area contributed by atoms with Crippen molar-refractivity contribution in [1.82, 2.24) is 10.2 Å². The third kappa shape index (κ3) is 8.40. The lowest BCUT2D eigenvalue weighted by atomic mass is 10.1. The van der Waals surface area contributed by atoms with Crippen LogP contribution < -0.4 is 10.1 Å². The number of methoxy groups -OCH3 is 1. The minimum atomic E-state index is -0.503. The number of nitrogens with one attached hydrogen (secondary N) is 1. The molecule has 0 saturated carbocycles. The fraction of sp³-hybridized carbons (Fsp3) is 0.440. The topological polar surface area (TPSA) is 58.6 Å². The predicted molar refractivity (Wildman–Crippen MR) is 133 cm³/mol. The van der Waals surface area contributed by atoms with Gasteiger partial charge in [-0.1, -0.05) is 56.1 Å². The van der Waals surface area contributed by atoms with Crippen LogP contribution in [0.15, 0.2) is 48.5 Å². The number of amides is 2. The number of ether oxygens (including phenoxy) is 1. The van der Waals surface area contributed by atoms with Crippen molar-refractivity contribution in [1.29, 1.82) is 0 Å². The number of hydrogen-bond donors (Lipinski definition) is 1. The SMILES string of the molecule is CCCCNC(=O)[C@@H](CC)N(Cc1ccc(Cl)cc1)C(=O)CSCc1ccc(OC)cc1. The van der Waals surface area contributed by atoms with Gasteiger partial charge in [-0.05, 0) is 48.2 Å². The Labute approximate surface area is 200 Å². The molecular formula is C25H33ClN2O3S. The minimum absolute atomic E-state index is 0.0454. The van der Waals surface area contributed by atoms with Gasteiger partial charge in [-0.15, -0.1) is 11.8 Å². The standard InChI is InChI=1S/C25H33ClN2O3S/c1-4-6-15-27-25(30)23(5-2)28(16-19-7-11-21(26)12-8-19)24(29)18-32-17-20-9-13-22(31-3)14-10-20/h7-14,23H,4-6,15-18H2,1-3H3,(H,27,30)/t23-/m1/s1. The van der Waals surface area contributed by atoms with E-state index < -0.39 is 6.04 Å². The number of carbonyl (C=O) groups excluding carboxylic acids is 2. The Hall–Kier alpha value is -2.18. The molecule has 0 spiro atoms. The van der Waals surface area contributed by atoms with Crippen molar-refractivity contribution in [3.8, 4) is 5.75 Å². The molecule has 0 unspecified atom stereocenters. The Kier molecular flexibility index (Phi) is 11.5. The van der Waals surface area contributed by atoms with E-state index in [4.69, 9.17) is 16.3 Å². The molecule has 32 heavy (non-hydrogen) atoms. The van der Waals surface area contributed by atoms with E-state index in [0.29, 0.717) is 36.0 Å². The van der Waals surface area contributed by atoms with Gasteiger partial charge >= 0.3 is 0 Å². The summed E-state index contributed by atoms with van der Waals surface area (Å²) in [6, 6.07) is 14.7. The van der Waals surface area contributed by atoms with Gasteiger partial charge < -0.3 is 15.0 Å². The second kappa shape index (κ2) is 14.1. The Morgan fingerprint density at radius 1 is 1.06 bits per heavy atom. The smallest absolute Gasteiger partial charge is 0.242 e. The summed E-state index contributed by atoms with van der Waals surface area (Å²) >= 11 is 7.56. The molecule has 0 aromatic heterocycles. The number of rotatable bonds is 13. The molecule has 0 saturated heterocycles. The summed E-state index contributed by atoms with van der Waals surface area (Å²) in [7, 11) is 1.64. The van der Waals surface area contributed by atoms with Crippen LogP contribution >= 0.6 is 23.4 Å². The number of unbranched alkanes of at least 4 members (excludes halogenated alkanes) is 1. The van der Waals surface area contributed by atoms with Gasteiger partial charge in [0.05, 0.1) is 12.9 Å². The molecule has 7 heteroatoms.